The predicted octanol–water partition coefficient (Wildman–Crippen LogP) is 2.85. The first-order valence-electron chi connectivity index (χ1n) is 6.53. The highest BCUT2D eigenvalue weighted by Gasteiger charge is 2.05. The Labute approximate surface area is 120 Å². The van der Waals surface area contributed by atoms with Gasteiger partial charge in [-0.1, -0.05) is 6.92 Å². The van der Waals surface area contributed by atoms with Gasteiger partial charge in [-0.05, 0) is 26.3 Å². The summed E-state index contributed by atoms with van der Waals surface area (Å²) in [4.78, 5) is 0. The molecule has 0 fully saturated rings. The summed E-state index contributed by atoms with van der Waals surface area (Å²) in [6, 6.07) is 2.04. The van der Waals surface area contributed by atoms with Gasteiger partial charge in [0.1, 0.15) is 0 Å². The molecule has 0 saturated carbocycles. The van der Waals surface area contributed by atoms with Gasteiger partial charge in [-0.3, -0.25) is 9.36 Å². The zero-order chi connectivity index (χ0) is 13.0. The van der Waals surface area contributed by atoms with Gasteiger partial charge < -0.3 is 5.32 Å². The Morgan fingerprint density at radius 3 is 2.79 bits per heavy atom. The lowest BCUT2D eigenvalue weighted by Crippen LogP contribution is -2.07. The number of rotatable bonds is 6. The molecule has 0 aliphatic heterocycles. The van der Waals surface area contributed by atoms with E-state index in [9.17, 15) is 0 Å². The van der Waals surface area contributed by atoms with Crippen LogP contribution in [0, 0.1) is 6.92 Å². The van der Waals surface area contributed by atoms with Gasteiger partial charge in [0.15, 0.2) is 0 Å². The highest BCUT2D eigenvalue weighted by Crippen LogP contribution is 2.14. The van der Waals surface area contributed by atoms with Crippen LogP contribution < -0.4 is 5.32 Å². The number of nitrogens with one attached hydrogen (secondary N) is 1. The Morgan fingerprint density at radius 1 is 1.32 bits per heavy atom. The van der Waals surface area contributed by atoms with Crippen molar-refractivity contribution in [3.05, 3.63) is 29.8 Å². The Hall–Kier alpha value is -1.49. The van der Waals surface area contributed by atoms with Crippen LogP contribution in [-0.4, -0.2) is 19.6 Å². The normalized spacial score (nSPS) is 10.3. The van der Waals surface area contributed by atoms with Crippen LogP contribution in [-0.2, 0) is 19.6 Å². The van der Waals surface area contributed by atoms with Gasteiger partial charge >= 0.3 is 0 Å². The van der Waals surface area contributed by atoms with Gasteiger partial charge in [-0.15, -0.1) is 12.4 Å². The van der Waals surface area contributed by atoms with Crippen molar-refractivity contribution in [2.75, 3.05) is 5.32 Å². The lowest BCUT2D eigenvalue weighted by molar-refractivity contribution is 0.598. The molecule has 0 aliphatic rings. The summed E-state index contributed by atoms with van der Waals surface area (Å²) in [6.07, 6.45) is 5.02. The predicted molar refractivity (Wildman–Crippen MR) is 79.7 cm³/mol. The minimum absolute atomic E-state index is 0. The van der Waals surface area contributed by atoms with E-state index in [2.05, 4.69) is 35.6 Å². The van der Waals surface area contributed by atoms with E-state index in [-0.39, 0.29) is 12.4 Å². The monoisotopic (exact) mass is 283 g/mol. The van der Waals surface area contributed by atoms with Gasteiger partial charge in [-0.25, -0.2) is 0 Å². The smallest absolute Gasteiger partial charge is 0.0825 e. The van der Waals surface area contributed by atoms with Crippen LogP contribution in [0.4, 0.5) is 5.69 Å². The summed E-state index contributed by atoms with van der Waals surface area (Å²) in [7, 11) is 0. The van der Waals surface area contributed by atoms with Crippen LogP contribution in [0.5, 0.6) is 0 Å². The molecule has 0 unspecified atom stereocenters. The zero-order valence-electron chi connectivity index (χ0n) is 11.8. The molecule has 0 spiro atoms. The molecular formula is C13H22ClN5. The van der Waals surface area contributed by atoms with Gasteiger partial charge in [0.25, 0.3) is 0 Å². The number of aromatic nitrogens is 4. The number of hydrogen-bond acceptors (Lipinski definition) is 3. The second-order valence-electron chi connectivity index (χ2n) is 4.38. The van der Waals surface area contributed by atoms with E-state index < -0.39 is 0 Å². The molecular weight excluding hydrogens is 262 g/mol. The third-order valence-corrected chi connectivity index (χ3v) is 2.96. The summed E-state index contributed by atoms with van der Waals surface area (Å²) in [5.41, 5.74) is 3.35. The number of halogens is 1. The molecule has 0 radical (unpaired) electrons. The van der Waals surface area contributed by atoms with Gasteiger partial charge in [0.2, 0.25) is 0 Å². The van der Waals surface area contributed by atoms with Crippen LogP contribution in [0.15, 0.2) is 18.5 Å². The summed E-state index contributed by atoms with van der Waals surface area (Å²) in [6.45, 7) is 8.94. The van der Waals surface area contributed by atoms with Crippen LogP contribution >= 0.6 is 12.4 Å². The van der Waals surface area contributed by atoms with Crippen molar-refractivity contribution in [2.24, 2.45) is 0 Å². The summed E-state index contributed by atoms with van der Waals surface area (Å²) < 4.78 is 3.99. The topological polar surface area (TPSA) is 47.7 Å². The molecule has 0 amide bonds. The average molecular weight is 284 g/mol. The number of aryl methyl sites for hydroxylation is 3. The van der Waals surface area contributed by atoms with E-state index in [1.54, 1.807) is 0 Å². The highest BCUT2D eigenvalue weighted by molar-refractivity contribution is 5.85. The van der Waals surface area contributed by atoms with Gasteiger partial charge in [-0.2, -0.15) is 10.2 Å². The highest BCUT2D eigenvalue weighted by atomic mass is 35.5. The van der Waals surface area contributed by atoms with Crippen molar-refractivity contribution in [2.45, 2.75) is 46.8 Å². The minimum Gasteiger partial charge on any atom is -0.377 e. The van der Waals surface area contributed by atoms with Crippen molar-refractivity contribution >= 4 is 18.1 Å². The van der Waals surface area contributed by atoms with Gasteiger partial charge in [0, 0.05) is 25.5 Å². The van der Waals surface area contributed by atoms with E-state index in [1.807, 2.05) is 28.6 Å². The third kappa shape index (κ3) is 3.73. The Bertz CT molecular complexity index is 503. The first-order valence-corrected chi connectivity index (χ1v) is 6.53. The molecule has 2 heterocycles. The van der Waals surface area contributed by atoms with E-state index in [0.29, 0.717) is 0 Å². The lowest BCUT2D eigenvalue weighted by Gasteiger charge is -2.06. The van der Waals surface area contributed by atoms with Crippen LogP contribution in [0.25, 0.3) is 0 Å². The van der Waals surface area contributed by atoms with E-state index in [0.717, 1.165) is 37.4 Å². The molecule has 2 aromatic rings. The maximum absolute atomic E-state index is 4.47. The van der Waals surface area contributed by atoms with Crippen LogP contribution in [0.3, 0.4) is 0 Å². The van der Waals surface area contributed by atoms with Gasteiger partial charge in [0.05, 0.1) is 23.6 Å². The molecule has 0 saturated heterocycles. The Kier molecular flexibility index (Phi) is 5.89. The van der Waals surface area contributed by atoms with Crippen LogP contribution in [0.1, 0.15) is 31.7 Å². The maximum atomic E-state index is 4.47. The van der Waals surface area contributed by atoms with Crippen molar-refractivity contribution in [1.29, 1.82) is 0 Å². The third-order valence-electron chi connectivity index (χ3n) is 2.96. The molecule has 5 nitrogen and oxygen atoms in total. The largest absolute Gasteiger partial charge is 0.377 e. The molecule has 2 aromatic heterocycles. The molecule has 6 heteroatoms. The van der Waals surface area contributed by atoms with Crippen molar-refractivity contribution in [3.63, 3.8) is 0 Å². The molecule has 0 bridgehead atoms. The fraction of sp³-hybridized carbons (Fsp3) is 0.538. The molecule has 106 valence electrons. The van der Waals surface area contributed by atoms with Crippen LogP contribution in [0.2, 0.25) is 0 Å². The SMILES string of the molecule is CCCn1cc(NCc2ccnn2CC)c(C)n1.Cl. The standard InChI is InChI=1S/C13H21N5.ClH/c1-4-8-17-10-13(11(3)16-17)14-9-12-6-7-15-18(12)5-2;/h6-7,10,14H,4-5,8-9H2,1-3H3;1H. The minimum atomic E-state index is 0. The molecule has 1 N–H and O–H groups in total. The molecule has 0 atom stereocenters. The average Bonchev–Trinajstić information content (AvgIpc) is 2.93. The number of anilines is 1. The number of nitrogens with zero attached hydrogens (tertiary/aromatic N) is 4. The van der Waals surface area contributed by atoms with Crippen molar-refractivity contribution in [1.82, 2.24) is 19.6 Å². The number of hydrogen-bond donors (Lipinski definition) is 1. The van der Waals surface area contributed by atoms with E-state index >= 15 is 0 Å². The first kappa shape index (κ1) is 15.6. The molecule has 0 aromatic carbocycles. The lowest BCUT2D eigenvalue weighted by atomic mass is 10.3. The summed E-state index contributed by atoms with van der Waals surface area (Å²) in [5, 5.41) is 12.2. The second kappa shape index (κ2) is 7.19. The maximum Gasteiger partial charge on any atom is 0.0825 e. The van der Waals surface area contributed by atoms with Crippen molar-refractivity contribution in [3.8, 4) is 0 Å². The fourth-order valence-electron chi connectivity index (χ4n) is 2.02. The first-order chi connectivity index (χ1) is 8.74. The van der Waals surface area contributed by atoms with E-state index in [4.69, 9.17) is 0 Å². The molecule has 0 aliphatic carbocycles. The fourth-order valence-corrected chi connectivity index (χ4v) is 2.02. The summed E-state index contributed by atoms with van der Waals surface area (Å²) >= 11 is 0. The molecule has 19 heavy (non-hydrogen) atoms. The quantitative estimate of drug-likeness (QED) is 0.887. The van der Waals surface area contributed by atoms with Crippen molar-refractivity contribution < 1.29 is 0 Å². The Balaban J connectivity index is 0.00000180. The zero-order valence-corrected chi connectivity index (χ0v) is 12.6. The second-order valence-corrected chi connectivity index (χ2v) is 4.38. The Morgan fingerprint density at radius 2 is 2.11 bits per heavy atom. The molecule has 2 rings (SSSR count). The summed E-state index contributed by atoms with van der Waals surface area (Å²) in [5.74, 6) is 0. The van der Waals surface area contributed by atoms with E-state index in [1.165, 1.54) is 5.69 Å².